The molecule has 0 N–H and O–H groups in total. The van der Waals surface area contributed by atoms with Crippen molar-refractivity contribution in [2.45, 2.75) is 25.7 Å². The molecule has 0 amide bonds. The summed E-state index contributed by atoms with van der Waals surface area (Å²) in [6, 6.07) is 5.25. The fourth-order valence-corrected chi connectivity index (χ4v) is 2.10. The molecule has 4 heteroatoms. The quantitative estimate of drug-likeness (QED) is 0.554. The van der Waals surface area contributed by atoms with Crippen molar-refractivity contribution in [3.8, 4) is 5.75 Å². The highest BCUT2D eigenvalue weighted by atomic mass is 35.5. The van der Waals surface area contributed by atoms with Gasteiger partial charge >= 0.3 is 0 Å². The van der Waals surface area contributed by atoms with Gasteiger partial charge in [-0.1, -0.05) is 36.0 Å². The van der Waals surface area contributed by atoms with E-state index >= 15 is 0 Å². The third-order valence-electron chi connectivity index (χ3n) is 2.16. The van der Waals surface area contributed by atoms with Gasteiger partial charge in [-0.2, -0.15) is 12.6 Å². The average molecular weight is 279 g/mol. The van der Waals surface area contributed by atoms with Crippen LogP contribution in [0.1, 0.15) is 25.7 Å². The fraction of sp³-hybridized carbons (Fsp3) is 0.500. The van der Waals surface area contributed by atoms with Gasteiger partial charge < -0.3 is 4.74 Å². The first kappa shape index (κ1) is 14.0. The summed E-state index contributed by atoms with van der Waals surface area (Å²) < 4.78 is 5.56. The van der Waals surface area contributed by atoms with E-state index in [2.05, 4.69) is 12.6 Å². The molecular weight excluding hydrogens is 263 g/mol. The van der Waals surface area contributed by atoms with Gasteiger partial charge in [0.25, 0.3) is 0 Å². The first-order chi connectivity index (χ1) is 7.72. The lowest BCUT2D eigenvalue weighted by Gasteiger charge is -2.06. The highest BCUT2D eigenvalue weighted by molar-refractivity contribution is 7.80. The molecule has 0 aliphatic carbocycles. The minimum absolute atomic E-state index is 0.609. The van der Waals surface area contributed by atoms with E-state index in [-0.39, 0.29) is 0 Å². The molecule has 90 valence electrons. The summed E-state index contributed by atoms with van der Waals surface area (Å²) in [5.74, 6) is 1.71. The summed E-state index contributed by atoms with van der Waals surface area (Å²) in [4.78, 5) is 0. The monoisotopic (exact) mass is 278 g/mol. The molecule has 0 radical (unpaired) electrons. The maximum Gasteiger partial charge on any atom is 0.122 e. The Hall–Kier alpha value is -0.0500. The Balaban J connectivity index is 2.21. The van der Waals surface area contributed by atoms with Crippen LogP contribution in [0.4, 0.5) is 0 Å². The van der Waals surface area contributed by atoms with E-state index < -0.39 is 0 Å². The number of rotatable bonds is 7. The van der Waals surface area contributed by atoms with Crippen LogP contribution in [0.5, 0.6) is 5.75 Å². The number of unbranched alkanes of at least 4 members (excludes halogenated alkanes) is 3. The smallest absolute Gasteiger partial charge is 0.122 e. The molecule has 16 heavy (non-hydrogen) atoms. The van der Waals surface area contributed by atoms with E-state index in [1.165, 1.54) is 19.3 Å². The molecule has 1 aromatic carbocycles. The summed E-state index contributed by atoms with van der Waals surface area (Å²) in [5, 5.41) is 1.22. The molecule has 1 rings (SSSR count). The van der Waals surface area contributed by atoms with E-state index in [4.69, 9.17) is 27.9 Å². The Kier molecular flexibility index (Phi) is 7.10. The zero-order valence-corrected chi connectivity index (χ0v) is 11.5. The van der Waals surface area contributed by atoms with E-state index in [9.17, 15) is 0 Å². The molecule has 0 saturated carbocycles. The van der Waals surface area contributed by atoms with Gasteiger partial charge in [-0.05, 0) is 36.8 Å². The fourth-order valence-electron chi connectivity index (χ4n) is 1.37. The Bertz CT molecular complexity index is 298. The zero-order chi connectivity index (χ0) is 11.8. The number of thiol groups is 1. The van der Waals surface area contributed by atoms with E-state index in [0.717, 1.165) is 17.9 Å². The van der Waals surface area contributed by atoms with Crippen LogP contribution in [-0.4, -0.2) is 12.4 Å². The highest BCUT2D eigenvalue weighted by Gasteiger charge is 1.98. The largest absolute Gasteiger partial charge is 0.493 e. The van der Waals surface area contributed by atoms with Crippen LogP contribution in [0.25, 0.3) is 0 Å². The molecule has 0 aliphatic rings. The summed E-state index contributed by atoms with van der Waals surface area (Å²) in [6.07, 6.45) is 4.61. The number of benzene rings is 1. The van der Waals surface area contributed by atoms with E-state index in [1.807, 2.05) is 0 Å². The molecule has 0 aromatic heterocycles. The van der Waals surface area contributed by atoms with Crippen LogP contribution in [0.15, 0.2) is 18.2 Å². The molecule has 0 bridgehead atoms. The van der Waals surface area contributed by atoms with Gasteiger partial charge in [0.05, 0.1) is 6.61 Å². The molecule has 0 spiro atoms. The molecule has 0 unspecified atom stereocenters. The second-order valence-corrected chi connectivity index (χ2v) is 4.91. The summed E-state index contributed by atoms with van der Waals surface area (Å²) in [5.41, 5.74) is 0. The molecule has 0 saturated heterocycles. The van der Waals surface area contributed by atoms with Crippen molar-refractivity contribution in [3.05, 3.63) is 28.2 Å². The van der Waals surface area contributed by atoms with Crippen LogP contribution >= 0.6 is 35.8 Å². The minimum Gasteiger partial charge on any atom is -0.493 e. The average Bonchev–Trinajstić information content (AvgIpc) is 2.22. The van der Waals surface area contributed by atoms with Crippen LogP contribution in [0.2, 0.25) is 10.0 Å². The third-order valence-corrected chi connectivity index (χ3v) is 2.91. The van der Waals surface area contributed by atoms with Gasteiger partial charge in [-0.25, -0.2) is 0 Å². The van der Waals surface area contributed by atoms with Crippen LogP contribution < -0.4 is 4.74 Å². The topological polar surface area (TPSA) is 9.23 Å². The van der Waals surface area contributed by atoms with Crippen molar-refractivity contribution in [3.63, 3.8) is 0 Å². The van der Waals surface area contributed by atoms with Gasteiger partial charge in [-0.15, -0.1) is 0 Å². The van der Waals surface area contributed by atoms with Gasteiger partial charge in [0.1, 0.15) is 5.75 Å². The first-order valence-corrected chi connectivity index (χ1v) is 6.81. The molecule has 1 aromatic rings. The molecule has 0 aliphatic heterocycles. The van der Waals surface area contributed by atoms with Gasteiger partial charge in [0.2, 0.25) is 0 Å². The molecule has 0 atom stereocenters. The maximum absolute atomic E-state index is 5.86. The zero-order valence-electron chi connectivity index (χ0n) is 9.09. The predicted molar refractivity (Wildman–Crippen MR) is 74.3 cm³/mol. The van der Waals surface area contributed by atoms with Crippen molar-refractivity contribution >= 4 is 35.8 Å². The number of hydrogen-bond donors (Lipinski definition) is 1. The van der Waals surface area contributed by atoms with E-state index in [0.29, 0.717) is 16.7 Å². The van der Waals surface area contributed by atoms with Gasteiger partial charge in [0, 0.05) is 10.0 Å². The standard InChI is InChI=1S/C12H16Cl2OS/c13-10-7-11(14)9-12(8-10)15-5-3-1-2-4-6-16/h7-9,16H,1-6H2. The molecular formula is C12H16Cl2OS. The van der Waals surface area contributed by atoms with E-state index in [1.54, 1.807) is 18.2 Å². The maximum atomic E-state index is 5.86. The Morgan fingerprint density at radius 1 is 0.938 bits per heavy atom. The van der Waals surface area contributed by atoms with Crippen molar-refractivity contribution in [1.82, 2.24) is 0 Å². The summed E-state index contributed by atoms with van der Waals surface area (Å²) in [6.45, 7) is 0.712. The first-order valence-electron chi connectivity index (χ1n) is 5.42. The molecule has 1 nitrogen and oxygen atoms in total. The second-order valence-electron chi connectivity index (χ2n) is 3.59. The van der Waals surface area contributed by atoms with Crippen molar-refractivity contribution < 1.29 is 4.74 Å². The molecule has 0 fully saturated rings. The van der Waals surface area contributed by atoms with Gasteiger partial charge in [-0.3, -0.25) is 0 Å². The normalized spacial score (nSPS) is 10.4. The van der Waals surface area contributed by atoms with Crippen molar-refractivity contribution in [1.29, 1.82) is 0 Å². The highest BCUT2D eigenvalue weighted by Crippen LogP contribution is 2.24. The van der Waals surface area contributed by atoms with Crippen molar-refractivity contribution in [2.75, 3.05) is 12.4 Å². The second kappa shape index (κ2) is 8.10. The van der Waals surface area contributed by atoms with Gasteiger partial charge in [0.15, 0.2) is 0 Å². The summed E-state index contributed by atoms with van der Waals surface area (Å²) >= 11 is 15.9. The molecule has 0 heterocycles. The lowest BCUT2D eigenvalue weighted by atomic mass is 10.2. The SMILES string of the molecule is SCCCCCCOc1cc(Cl)cc(Cl)c1. The Morgan fingerprint density at radius 3 is 2.19 bits per heavy atom. The Labute approximate surface area is 112 Å². The lowest BCUT2D eigenvalue weighted by molar-refractivity contribution is 0.305. The summed E-state index contributed by atoms with van der Waals surface area (Å²) in [7, 11) is 0. The number of ether oxygens (including phenoxy) is 1. The van der Waals surface area contributed by atoms with Crippen LogP contribution in [0.3, 0.4) is 0 Å². The van der Waals surface area contributed by atoms with Crippen LogP contribution in [0, 0.1) is 0 Å². The van der Waals surface area contributed by atoms with Crippen LogP contribution in [-0.2, 0) is 0 Å². The third kappa shape index (κ3) is 5.88. The Morgan fingerprint density at radius 2 is 1.56 bits per heavy atom. The lowest BCUT2D eigenvalue weighted by Crippen LogP contribution is -1.97. The van der Waals surface area contributed by atoms with Crippen molar-refractivity contribution in [2.24, 2.45) is 0 Å². The predicted octanol–water partition coefficient (Wildman–Crippen LogP) is 4.86. The number of hydrogen-bond acceptors (Lipinski definition) is 2. The number of halogens is 2. The minimum atomic E-state index is 0.609.